The number of carbonyl (C=O) groups excluding carboxylic acids is 1. The van der Waals surface area contributed by atoms with E-state index in [9.17, 15) is 4.79 Å². The van der Waals surface area contributed by atoms with Gasteiger partial charge in [-0.1, -0.05) is 24.3 Å². The lowest BCUT2D eigenvalue weighted by Gasteiger charge is -2.14. The molecule has 162 valence electrons. The highest BCUT2D eigenvalue weighted by atomic mass is 16.5. The van der Waals surface area contributed by atoms with Gasteiger partial charge in [-0.2, -0.15) is 0 Å². The molecule has 0 radical (unpaired) electrons. The second-order valence-corrected chi connectivity index (χ2v) is 7.35. The third kappa shape index (κ3) is 7.75. The van der Waals surface area contributed by atoms with Crippen LogP contribution in [0.15, 0.2) is 47.5 Å². The zero-order valence-electron chi connectivity index (χ0n) is 18.6. The van der Waals surface area contributed by atoms with Crippen molar-refractivity contribution in [3.63, 3.8) is 0 Å². The van der Waals surface area contributed by atoms with Crippen molar-refractivity contribution in [2.75, 3.05) is 39.6 Å². The van der Waals surface area contributed by atoms with Gasteiger partial charge in [0.1, 0.15) is 5.75 Å². The van der Waals surface area contributed by atoms with Gasteiger partial charge < -0.3 is 25.6 Å². The van der Waals surface area contributed by atoms with Crippen molar-refractivity contribution in [1.82, 2.24) is 15.5 Å². The fourth-order valence-electron chi connectivity index (χ4n) is 2.92. The lowest BCUT2D eigenvalue weighted by atomic mass is 10.1. The standard InChI is InChI=1S/C23H33N5O2/c1-6-24-23(26-15-19-11-10-17(2)12-21(19)30-5)25-14-18-8-7-9-20(13-18)27-22(29)16-28(3)4/h7-13H,6,14-16H2,1-5H3,(H,27,29)(H2,24,25,26). The molecule has 1 amide bonds. The molecule has 0 aliphatic heterocycles. The van der Waals surface area contributed by atoms with Crippen LogP contribution < -0.4 is 20.7 Å². The number of likely N-dealkylation sites (N-methyl/N-ethyl adjacent to an activating group) is 1. The van der Waals surface area contributed by atoms with E-state index in [1.54, 1.807) is 7.11 Å². The lowest BCUT2D eigenvalue weighted by molar-refractivity contribution is -0.116. The Morgan fingerprint density at radius 1 is 1.13 bits per heavy atom. The van der Waals surface area contributed by atoms with E-state index >= 15 is 0 Å². The van der Waals surface area contributed by atoms with E-state index in [4.69, 9.17) is 4.74 Å². The average Bonchev–Trinajstić information content (AvgIpc) is 2.70. The molecule has 3 N–H and O–H groups in total. The Morgan fingerprint density at radius 3 is 2.63 bits per heavy atom. The zero-order chi connectivity index (χ0) is 21.9. The zero-order valence-corrected chi connectivity index (χ0v) is 18.6. The number of methoxy groups -OCH3 is 1. The number of hydrogen-bond acceptors (Lipinski definition) is 4. The molecule has 0 spiro atoms. The van der Waals surface area contributed by atoms with Gasteiger partial charge in [0.15, 0.2) is 5.96 Å². The molecular weight excluding hydrogens is 378 g/mol. The van der Waals surface area contributed by atoms with Gasteiger partial charge >= 0.3 is 0 Å². The number of benzene rings is 2. The van der Waals surface area contributed by atoms with Crippen molar-refractivity contribution in [2.45, 2.75) is 26.9 Å². The van der Waals surface area contributed by atoms with Crippen LogP contribution in [0.3, 0.4) is 0 Å². The summed E-state index contributed by atoms with van der Waals surface area (Å²) in [7, 11) is 5.42. The molecule has 0 atom stereocenters. The van der Waals surface area contributed by atoms with E-state index in [1.807, 2.05) is 63.2 Å². The number of carbonyl (C=O) groups is 1. The van der Waals surface area contributed by atoms with Crippen LogP contribution in [0, 0.1) is 6.92 Å². The maximum Gasteiger partial charge on any atom is 0.238 e. The van der Waals surface area contributed by atoms with Crippen LogP contribution in [-0.4, -0.2) is 51.1 Å². The summed E-state index contributed by atoms with van der Waals surface area (Å²) in [6.45, 7) is 6.29. The van der Waals surface area contributed by atoms with Crippen molar-refractivity contribution in [3.05, 3.63) is 59.2 Å². The molecule has 0 unspecified atom stereocenters. The summed E-state index contributed by atoms with van der Waals surface area (Å²) in [5.41, 5.74) is 4.02. The summed E-state index contributed by atoms with van der Waals surface area (Å²) >= 11 is 0. The molecule has 0 aliphatic carbocycles. The Balaban J connectivity index is 2.02. The predicted octanol–water partition coefficient (Wildman–Crippen LogP) is 2.76. The highest BCUT2D eigenvalue weighted by Gasteiger charge is 2.06. The minimum Gasteiger partial charge on any atom is -0.496 e. The summed E-state index contributed by atoms with van der Waals surface area (Å²) < 4.78 is 5.48. The maximum atomic E-state index is 12.0. The molecule has 7 heteroatoms. The second kappa shape index (κ2) is 11.8. The third-order valence-corrected chi connectivity index (χ3v) is 4.32. The summed E-state index contributed by atoms with van der Waals surface area (Å²) in [6.07, 6.45) is 0. The first kappa shape index (κ1) is 23.2. The Labute approximate surface area is 179 Å². The minimum atomic E-state index is -0.0392. The molecule has 0 heterocycles. The molecule has 2 aromatic rings. The van der Waals surface area contributed by atoms with Gasteiger partial charge in [-0.3, -0.25) is 4.79 Å². The Hall–Kier alpha value is -3.06. The van der Waals surface area contributed by atoms with Crippen molar-refractivity contribution >= 4 is 17.6 Å². The average molecular weight is 412 g/mol. The van der Waals surface area contributed by atoms with E-state index in [-0.39, 0.29) is 5.91 Å². The number of nitrogens with one attached hydrogen (secondary N) is 3. The maximum absolute atomic E-state index is 12.0. The summed E-state index contributed by atoms with van der Waals surface area (Å²) in [6, 6.07) is 13.9. The number of rotatable bonds is 9. The molecule has 0 fully saturated rings. The van der Waals surface area contributed by atoms with Crippen LogP contribution in [0.2, 0.25) is 0 Å². The first-order valence-electron chi connectivity index (χ1n) is 10.1. The summed E-state index contributed by atoms with van der Waals surface area (Å²) in [5, 5.41) is 9.53. The normalized spacial score (nSPS) is 11.3. The number of aryl methyl sites for hydroxylation is 1. The van der Waals surface area contributed by atoms with Crippen LogP contribution in [0.25, 0.3) is 0 Å². The van der Waals surface area contributed by atoms with Crippen LogP contribution in [0.1, 0.15) is 23.6 Å². The number of hydrogen-bond donors (Lipinski definition) is 3. The SMILES string of the molecule is CCNC(=NCc1cccc(NC(=O)CN(C)C)c1)NCc1ccc(C)cc1OC. The molecule has 0 saturated heterocycles. The summed E-state index contributed by atoms with van der Waals surface area (Å²) in [5.74, 6) is 1.55. The van der Waals surface area contributed by atoms with Crippen LogP contribution >= 0.6 is 0 Å². The number of nitrogens with zero attached hydrogens (tertiary/aromatic N) is 2. The quantitative estimate of drug-likeness (QED) is 0.437. The van der Waals surface area contributed by atoms with Gasteiger partial charge in [0.2, 0.25) is 5.91 Å². The molecule has 0 aromatic heterocycles. The first-order chi connectivity index (χ1) is 14.4. The largest absolute Gasteiger partial charge is 0.496 e. The molecule has 7 nitrogen and oxygen atoms in total. The van der Waals surface area contributed by atoms with Crippen molar-refractivity contribution in [3.8, 4) is 5.75 Å². The minimum absolute atomic E-state index is 0.0392. The monoisotopic (exact) mass is 411 g/mol. The fourth-order valence-corrected chi connectivity index (χ4v) is 2.92. The van der Waals surface area contributed by atoms with Crippen LogP contribution in [-0.2, 0) is 17.9 Å². The van der Waals surface area contributed by atoms with E-state index in [2.05, 4.69) is 33.1 Å². The Kier molecular flexibility index (Phi) is 9.15. The summed E-state index contributed by atoms with van der Waals surface area (Å²) in [4.78, 5) is 18.5. The second-order valence-electron chi connectivity index (χ2n) is 7.35. The first-order valence-corrected chi connectivity index (χ1v) is 10.1. The molecule has 0 aliphatic rings. The topological polar surface area (TPSA) is 78.0 Å². The number of amides is 1. The van der Waals surface area contributed by atoms with E-state index in [1.165, 1.54) is 0 Å². The van der Waals surface area contributed by atoms with Crippen molar-refractivity contribution < 1.29 is 9.53 Å². The Bertz CT molecular complexity index is 864. The lowest BCUT2D eigenvalue weighted by Crippen LogP contribution is -2.36. The van der Waals surface area contributed by atoms with Gasteiger partial charge in [0.25, 0.3) is 0 Å². The Morgan fingerprint density at radius 2 is 1.93 bits per heavy atom. The van der Waals surface area contributed by atoms with Crippen LogP contribution in [0.4, 0.5) is 5.69 Å². The fraction of sp³-hybridized carbons (Fsp3) is 0.391. The third-order valence-electron chi connectivity index (χ3n) is 4.32. The van der Waals surface area contributed by atoms with Crippen LogP contribution in [0.5, 0.6) is 5.75 Å². The van der Waals surface area contributed by atoms with Gasteiger partial charge in [-0.15, -0.1) is 0 Å². The number of anilines is 1. The van der Waals surface area contributed by atoms with E-state index in [0.29, 0.717) is 19.6 Å². The van der Waals surface area contributed by atoms with Gasteiger partial charge in [0, 0.05) is 24.3 Å². The van der Waals surface area contributed by atoms with Crippen molar-refractivity contribution in [2.24, 2.45) is 4.99 Å². The number of aliphatic imine (C=N–C) groups is 1. The molecule has 2 aromatic carbocycles. The molecule has 30 heavy (non-hydrogen) atoms. The van der Waals surface area contributed by atoms with Gasteiger partial charge in [-0.05, 0) is 57.3 Å². The van der Waals surface area contributed by atoms with E-state index in [0.717, 1.165) is 40.6 Å². The van der Waals surface area contributed by atoms with Gasteiger partial charge in [-0.25, -0.2) is 4.99 Å². The molecule has 0 saturated carbocycles. The van der Waals surface area contributed by atoms with E-state index < -0.39 is 0 Å². The highest BCUT2D eigenvalue weighted by molar-refractivity contribution is 5.92. The number of guanidine groups is 1. The highest BCUT2D eigenvalue weighted by Crippen LogP contribution is 2.19. The molecule has 0 bridgehead atoms. The molecular formula is C23H33N5O2. The smallest absolute Gasteiger partial charge is 0.238 e. The van der Waals surface area contributed by atoms with Crippen molar-refractivity contribution in [1.29, 1.82) is 0 Å². The number of ether oxygens (including phenoxy) is 1. The molecule has 2 rings (SSSR count). The van der Waals surface area contributed by atoms with Gasteiger partial charge in [0.05, 0.1) is 20.2 Å². The predicted molar refractivity (Wildman–Crippen MR) is 123 cm³/mol.